The molecular formula is C19H15ClN2O3S. The van der Waals surface area contributed by atoms with Crippen molar-refractivity contribution in [2.24, 2.45) is 5.10 Å². The van der Waals surface area contributed by atoms with Gasteiger partial charge in [-0.15, -0.1) is 11.3 Å². The number of halogens is 1. The third kappa shape index (κ3) is 4.09. The van der Waals surface area contributed by atoms with Crippen LogP contribution in [0.1, 0.15) is 28.1 Å². The number of nitrogens with zero attached hydrogens (tertiary/aromatic N) is 1. The maximum absolute atomic E-state index is 12.5. The minimum Gasteiger partial charge on any atom is -0.481 e. The van der Waals surface area contributed by atoms with E-state index in [0.717, 1.165) is 15.6 Å². The van der Waals surface area contributed by atoms with Crippen LogP contribution in [0.4, 0.5) is 0 Å². The molecule has 0 bridgehead atoms. The summed E-state index contributed by atoms with van der Waals surface area (Å²) in [5.74, 6) is -1.34. The number of benzene rings is 2. The smallest absolute Gasteiger partial charge is 0.303 e. The summed E-state index contributed by atoms with van der Waals surface area (Å²) in [4.78, 5) is 23.8. The molecule has 2 N–H and O–H groups in total. The van der Waals surface area contributed by atoms with Gasteiger partial charge in [0.25, 0.3) is 5.91 Å². The van der Waals surface area contributed by atoms with E-state index >= 15 is 0 Å². The highest BCUT2D eigenvalue weighted by Gasteiger charge is 2.17. The molecule has 0 aliphatic heterocycles. The number of hydrogen-bond donors (Lipinski definition) is 2. The van der Waals surface area contributed by atoms with E-state index in [1.54, 1.807) is 0 Å². The van der Waals surface area contributed by atoms with Crippen molar-refractivity contribution in [3.8, 4) is 0 Å². The molecule has 0 aliphatic rings. The van der Waals surface area contributed by atoms with Gasteiger partial charge in [0.05, 0.1) is 17.2 Å². The number of carboxylic acid groups (broad SMARTS) is 1. The van der Waals surface area contributed by atoms with E-state index in [1.807, 2.05) is 54.6 Å². The highest BCUT2D eigenvalue weighted by Crippen LogP contribution is 2.34. The third-order valence-corrected chi connectivity index (χ3v) is 5.39. The van der Waals surface area contributed by atoms with Crippen LogP contribution in [0.15, 0.2) is 59.7 Å². The molecular weight excluding hydrogens is 372 g/mol. The van der Waals surface area contributed by atoms with Crippen LogP contribution in [0.5, 0.6) is 0 Å². The lowest BCUT2D eigenvalue weighted by atomic mass is 10.1. The standard InChI is InChI=1S/C19H15ClN2O3S/c20-17-13-8-4-5-9-15(13)26-18(17)19(25)22-21-14(10-11-16(23)24)12-6-2-1-3-7-12/h1-9H,10-11H2,(H,22,25)(H,23,24)/b21-14-. The zero-order valence-electron chi connectivity index (χ0n) is 13.6. The molecule has 132 valence electrons. The first-order valence-electron chi connectivity index (χ1n) is 7.87. The molecule has 2 aromatic carbocycles. The monoisotopic (exact) mass is 386 g/mol. The van der Waals surface area contributed by atoms with E-state index in [-0.39, 0.29) is 12.8 Å². The summed E-state index contributed by atoms with van der Waals surface area (Å²) >= 11 is 7.60. The summed E-state index contributed by atoms with van der Waals surface area (Å²) in [6.07, 6.45) is 0.132. The Kier molecular flexibility index (Phi) is 5.65. The molecule has 0 atom stereocenters. The lowest BCUT2D eigenvalue weighted by molar-refractivity contribution is -0.136. The fraction of sp³-hybridized carbons (Fsp3) is 0.105. The first-order valence-corrected chi connectivity index (χ1v) is 9.07. The molecule has 1 heterocycles. The molecule has 0 saturated carbocycles. The van der Waals surface area contributed by atoms with Crippen LogP contribution in [0, 0.1) is 0 Å². The van der Waals surface area contributed by atoms with Gasteiger partial charge < -0.3 is 5.11 Å². The third-order valence-electron chi connectivity index (χ3n) is 3.72. The van der Waals surface area contributed by atoms with E-state index in [9.17, 15) is 9.59 Å². The molecule has 0 fully saturated rings. The Morgan fingerprint density at radius 3 is 2.42 bits per heavy atom. The van der Waals surface area contributed by atoms with Crippen molar-refractivity contribution in [1.29, 1.82) is 0 Å². The average Bonchev–Trinajstić information content (AvgIpc) is 2.99. The number of carboxylic acids is 1. The molecule has 5 nitrogen and oxygen atoms in total. The Hall–Kier alpha value is -2.70. The largest absolute Gasteiger partial charge is 0.481 e. The number of nitrogens with one attached hydrogen (secondary N) is 1. The van der Waals surface area contributed by atoms with Gasteiger partial charge in [0.15, 0.2) is 0 Å². The Morgan fingerprint density at radius 2 is 1.73 bits per heavy atom. The van der Waals surface area contributed by atoms with Crippen LogP contribution >= 0.6 is 22.9 Å². The van der Waals surface area contributed by atoms with E-state index in [1.165, 1.54) is 11.3 Å². The van der Waals surface area contributed by atoms with Crippen LogP contribution in [0.3, 0.4) is 0 Å². The van der Waals surface area contributed by atoms with E-state index < -0.39 is 11.9 Å². The predicted molar refractivity (Wildman–Crippen MR) is 104 cm³/mol. The van der Waals surface area contributed by atoms with Crippen molar-refractivity contribution in [2.75, 3.05) is 0 Å². The van der Waals surface area contributed by atoms with Gasteiger partial charge in [0.1, 0.15) is 4.88 Å². The van der Waals surface area contributed by atoms with Gasteiger partial charge >= 0.3 is 5.97 Å². The molecule has 3 rings (SSSR count). The number of fused-ring (bicyclic) bond motifs is 1. The highest BCUT2D eigenvalue weighted by molar-refractivity contribution is 7.21. The Labute approximate surface area is 158 Å². The molecule has 3 aromatic rings. The van der Waals surface area contributed by atoms with Gasteiger partial charge in [-0.2, -0.15) is 5.10 Å². The summed E-state index contributed by atoms with van der Waals surface area (Å²) in [6, 6.07) is 16.7. The second-order valence-corrected chi connectivity index (χ2v) is 6.93. The van der Waals surface area contributed by atoms with Crippen LogP contribution in [-0.2, 0) is 4.79 Å². The Balaban J connectivity index is 1.84. The lowest BCUT2D eigenvalue weighted by Crippen LogP contribution is -2.20. The summed E-state index contributed by atoms with van der Waals surface area (Å²) in [5.41, 5.74) is 3.76. The van der Waals surface area contributed by atoms with Gasteiger partial charge in [-0.25, -0.2) is 5.43 Å². The van der Waals surface area contributed by atoms with Crippen molar-refractivity contribution in [2.45, 2.75) is 12.8 Å². The van der Waals surface area contributed by atoms with Gasteiger partial charge in [-0.1, -0.05) is 60.1 Å². The molecule has 1 amide bonds. The molecule has 0 unspecified atom stereocenters. The lowest BCUT2D eigenvalue weighted by Gasteiger charge is -2.06. The number of amides is 1. The van der Waals surface area contributed by atoms with Crippen molar-refractivity contribution in [1.82, 2.24) is 5.43 Å². The predicted octanol–water partition coefficient (Wildman–Crippen LogP) is 4.55. The normalized spacial score (nSPS) is 11.5. The van der Waals surface area contributed by atoms with Crippen LogP contribution in [-0.4, -0.2) is 22.7 Å². The second kappa shape index (κ2) is 8.12. The average molecular weight is 387 g/mol. The Morgan fingerprint density at radius 1 is 1.04 bits per heavy atom. The minimum absolute atomic E-state index is 0.0761. The van der Waals surface area contributed by atoms with Crippen molar-refractivity contribution < 1.29 is 14.7 Å². The van der Waals surface area contributed by atoms with E-state index in [2.05, 4.69) is 10.5 Å². The second-order valence-electron chi connectivity index (χ2n) is 5.50. The van der Waals surface area contributed by atoms with Crippen LogP contribution in [0.25, 0.3) is 10.1 Å². The quantitative estimate of drug-likeness (QED) is 0.481. The van der Waals surface area contributed by atoms with Gasteiger partial charge in [0, 0.05) is 16.5 Å². The van der Waals surface area contributed by atoms with Gasteiger partial charge in [-0.3, -0.25) is 9.59 Å². The first kappa shape index (κ1) is 18.1. The zero-order valence-corrected chi connectivity index (χ0v) is 15.2. The summed E-state index contributed by atoms with van der Waals surface area (Å²) in [6.45, 7) is 0. The van der Waals surface area contributed by atoms with Crippen LogP contribution < -0.4 is 5.43 Å². The van der Waals surface area contributed by atoms with Gasteiger partial charge in [0.2, 0.25) is 0 Å². The molecule has 0 spiro atoms. The molecule has 26 heavy (non-hydrogen) atoms. The number of hydrogen-bond acceptors (Lipinski definition) is 4. The minimum atomic E-state index is -0.924. The zero-order chi connectivity index (χ0) is 18.5. The summed E-state index contributed by atoms with van der Waals surface area (Å²) < 4.78 is 0.917. The number of aliphatic carboxylic acids is 1. The molecule has 0 radical (unpaired) electrons. The van der Waals surface area contributed by atoms with Gasteiger partial charge in [-0.05, 0) is 11.6 Å². The summed E-state index contributed by atoms with van der Waals surface area (Å²) in [7, 11) is 0. The number of carbonyl (C=O) groups is 2. The maximum Gasteiger partial charge on any atom is 0.303 e. The maximum atomic E-state index is 12.5. The topological polar surface area (TPSA) is 78.8 Å². The fourth-order valence-electron chi connectivity index (χ4n) is 2.45. The molecule has 7 heteroatoms. The van der Waals surface area contributed by atoms with E-state index in [0.29, 0.717) is 15.6 Å². The Bertz CT molecular complexity index is 983. The fourth-order valence-corrected chi connectivity index (χ4v) is 3.86. The van der Waals surface area contributed by atoms with Crippen molar-refractivity contribution in [3.63, 3.8) is 0 Å². The molecule has 0 aliphatic carbocycles. The first-order chi connectivity index (χ1) is 12.6. The van der Waals surface area contributed by atoms with Crippen molar-refractivity contribution in [3.05, 3.63) is 70.1 Å². The number of rotatable bonds is 6. The van der Waals surface area contributed by atoms with Crippen LogP contribution in [0.2, 0.25) is 5.02 Å². The van der Waals surface area contributed by atoms with Crippen molar-refractivity contribution >= 4 is 50.6 Å². The highest BCUT2D eigenvalue weighted by atomic mass is 35.5. The van der Waals surface area contributed by atoms with E-state index in [4.69, 9.17) is 16.7 Å². The number of carbonyl (C=O) groups excluding carboxylic acids is 1. The molecule has 0 saturated heterocycles. The SMILES string of the molecule is O=C(O)CC/C(=N/NC(=O)c1sc2ccccc2c1Cl)c1ccccc1. The number of hydrazone groups is 1. The number of thiophene rings is 1. The summed E-state index contributed by atoms with van der Waals surface area (Å²) in [5, 5.41) is 14.3. The molecule has 1 aromatic heterocycles.